The van der Waals surface area contributed by atoms with E-state index in [2.05, 4.69) is 17.2 Å². The highest BCUT2D eigenvalue weighted by atomic mass is 16.5. The second kappa shape index (κ2) is 7.44. The first kappa shape index (κ1) is 13.2. The van der Waals surface area contributed by atoms with Crippen molar-refractivity contribution in [1.29, 1.82) is 0 Å². The molecule has 1 rings (SSSR count). The maximum atomic E-state index is 11.2. The van der Waals surface area contributed by atoms with Gasteiger partial charge in [0.1, 0.15) is 6.61 Å². The molecule has 0 aliphatic carbocycles. The Labute approximate surface area is 101 Å². The van der Waals surface area contributed by atoms with Gasteiger partial charge in [0.15, 0.2) is 0 Å². The van der Waals surface area contributed by atoms with Crippen molar-refractivity contribution >= 4 is 5.91 Å². The van der Waals surface area contributed by atoms with Gasteiger partial charge in [-0.3, -0.25) is 4.79 Å². The number of benzene rings is 1. The van der Waals surface area contributed by atoms with Crippen molar-refractivity contribution in [3.05, 3.63) is 35.4 Å². The van der Waals surface area contributed by atoms with E-state index < -0.39 is 0 Å². The molecule has 1 aromatic rings. The van der Waals surface area contributed by atoms with E-state index in [1.807, 2.05) is 24.3 Å². The Morgan fingerprint density at radius 2 is 2.12 bits per heavy atom. The summed E-state index contributed by atoms with van der Waals surface area (Å²) in [5, 5.41) is 2.74. The maximum absolute atomic E-state index is 11.2. The third-order valence-corrected chi connectivity index (χ3v) is 2.05. The maximum Gasteiger partial charge on any atom is 0.246 e. The Bertz CT molecular complexity index is 415. The lowest BCUT2D eigenvalue weighted by Crippen LogP contribution is -2.26. The molecule has 1 aromatic carbocycles. The highest BCUT2D eigenvalue weighted by Gasteiger charge is 1.99. The molecule has 0 fully saturated rings. The van der Waals surface area contributed by atoms with E-state index in [0.29, 0.717) is 13.1 Å². The van der Waals surface area contributed by atoms with Crippen LogP contribution in [0.4, 0.5) is 0 Å². The monoisotopic (exact) mass is 232 g/mol. The van der Waals surface area contributed by atoms with Crippen LogP contribution in [0.1, 0.15) is 11.1 Å². The summed E-state index contributed by atoms with van der Waals surface area (Å²) in [4.78, 5) is 11.2. The first-order valence-electron chi connectivity index (χ1n) is 5.29. The molecule has 0 radical (unpaired) electrons. The molecule has 0 spiro atoms. The average Bonchev–Trinajstić information content (AvgIpc) is 2.35. The molecule has 0 saturated heterocycles. The normalized spacial score (nSPS) is 9.29. The zero-order valence-electron chi connectivity index (χ0n) is 9.82. The average molecular weight is 232 g/mol. The third kappa shape index (κ3) is 5.16. The summed E-state index contributed by atoms with van der Waals surface area (Å²) in [5.41, 5.74) is 7.22. The fourth-order valence-corrected chi connectivity index (χ4v) is 1.24. The van der Waals surface area contributed by atoms with Crippen molar-refractivity contribution in [2.45, 2.75) is 6.54 Å². The second-order valence-electron chi connectivity index (χ2n) is 3.41. The molecule has 1 amide bonds. The van der Waals surface area contributed by atoms with Crippen LogP contribution in [0, 0.1) is 11.8 Å². The molecule has 0 atom stereocenters. The number of hydrogen-bond donors (Lipinski definition) is 2. The number of carbonyl (C=O) groups excluding carboxylic acids is 1. The zero-order valence-corrected chi connectivity index (χ0v) is 9.82. The Kier molecular flexibility index (Phi) is 5.80. The van der Waals surface area contributed by atoms with Crippen molar-refractivity contribution in [3.8, 4) is 11.8 Å². The molecule has 0 aliphatic heterocycles. The summed E-state index contributed by atoms with van der Waals surface area (Å²) in [7, 11) is 1.49. The van der Waals surface area contributed by atoms with E-state index in [1.54, 1.807) is 0 Å². The summed E-state index contributed by atoms with van der Waals surface area (Å²) in [5.74, 6) is 5.59. The van der Waals surface area contributed by atoms with Gasteiger partial charge in [-0.2, -0.15) is 0 Å². The van der Waals surface area contributed by atoms with Crippen LogP contribution in [-0.2, 0) is 16.1 Å². The highest BCUT2D eigenvalue weighted by Crippen LogP contribution is 2.02. The van der Waals surface area contributed by atoms with Crippen LogP contribution in [0.3, 0.4) is 0 Å². The van der Waals surface area contributed by atoms with Crippen LogP contribution in [0.25, 0.3) is 0 Å². The van der Waals surface area contributed by atoms with E-state index in [4.69, 9.17) is 10.5 Å². The number of rotatable bonds is 4. The Hall–Kier alpha value is -1.83. The van der Waals surface area contributed by atoms with Crippen molar-refractivity contribution in [2.24, 2.45) is 5.73 Å². The van der Waals surface area contributed by atoms with Gasteiger partial charge in [-0.05, 0) is 17.7 Å². The van der Waals surface area contributed by atoms with Gasteiger partial charge < -0.3 is 15.8 Å². The number of amides is 1. The van der Waals surface area contributed by atoms with E-state index >= 15 is 0 Å². The van der Waals surface area contributed by atoms with Gasteiger partial charge in [0.25, 0.3) is 0 Å². The summed E-state index contributed by atoms with van der Waals surface area (Å²) in [6, 6.07) is 7.65. The molecular weight excluding hydrogens is 216 g/mol. The predicted molar refractivity (Wildman–Crippen MR) is 66.1 cm³/mol. The molecule has 0 bridgehead atoms. The minimum absolute atomic E-state index is 0.0834. The lowest BCUT2D eigenvalue weighted by molar-refractivity contribution is -0.124. The second-order valence-corrected chi connectivity index (χ2v) is 3.41. The first-order valence-corrected chi connectivity index (χ1v) is 5.29. The zero-order chi connectivity index (χ0) is 12.5. The van der Waals surface area contributed by atoms with Gasteiger partial charge in [-0.15, -0.1) is 0 Å². The van der Waals surface area contributed by atoms with Crippen molar-refractivity contribution in [3.63, 3.8) is 0 Å². The Morgan fingerprint density at radius 1 is 1.41 bits per heavy atom. The van der Waals surface area contributed by atoms with Gasteiger partial charge in [-0.1, -0.05) is 24.0 Å². The predicted octanol–water partition coefficient (Wildman–Crippen LogP) is 0.259. The molecule has 3 N–H and O–H groups in total. The molecule has 4 heteroatoms. The van der Waals surface area contributed by atoms with E-state index in [1.165, 1.54) is 7.11 Å². The fourth-order valence-electron chi connectivity index (χ4n) is 1.24. The highest BCUT2D eigenvalue weighted by molar-refractivity contribution is 5.77. The van der Waals surface area contributed by atoms with Crippen LogP contribution in [0.15, 0.2) is 24.3 Å². The van der Waals surface area contributed by atoms with Crippen LogP contribution in [-0.4, -0.2) is 26.2 Å². The minimum Gasteiger partial charge on any atom is -0.375 e. The fraction of sp³-hybridized carbons (Fsp3) is 0.308. The quantitative estimate of drug-likeness (QED) is 0.732. The molecule has 0 unspecified atom stereocenters. The smallest absolute Gasteiger partial charge is 0.246 e. The van der Waals surface area contributed by atoms with Crippen LogP contribution in [0.2, 0.25) is 0 Å². The molecule has 4 nitrogen and oxygen atoms in total. The Balaban J connectivity index is 2.48. The summed E-state index contributed by atoms with van der Waals surface area (Å²) >= 11 is 0. The van der Waals surface area contributed by atoms with Crippen molar-refractivity contribution in [1.82, 2.24) is 5.32 Å². The minimum atomic E-state index is -0.125. The molecule has 17 heavy (non-hydrogen) atoms. The van der Waals surface area contributed by atoms with E-state index in [9.17, 15) is 4.79 Å². The number of nitrogens with one attached hydrogen (secondary N) is 1. The molecular formula is C13H16N2O2. The number of nitrogens with two attached hydrogens (primary N) is 1. The molecule has 0 saturated carbocycles. The van der Waals surface area contributed by atoms with Crippen molar-refractivity contribution < 1.29 is 9.53 Å². The molecule has 0 aromatic heterocycles. The summed E-state index contributed by atoms with van der Waals surface area (Å²) in [6.07, 6.45) is 0. The largest absolute Gasteiger partial charge is 0.375 e. The van der Waals surface area contributed by atoms with Gasteiger partial charge in [0, 0.05) is 19.2 Å². The molecule has 0 aliphatic rings. The van der Waals surface area contributed by atoms with Crippen LogP contribution >= 0.6 is 0 Å². The number of hydrogen-bond acceptors (Lipinski definition) is 3. The van der Waals surface area contributed by atoms with E-state index in [0.717, 1.165) is 11.1 Å². The van der Waals surface area contributed by atoms with Gasteiger partial charge in [-0.25, -0.2) is 0 Å². The molecule has 90 valence electrons. The SMILES string of the molecule is COCC(=O)NCc1ccc(C#CCN)cc1. The standard InChI is InChI=1S/C13H16N2O2/c1-17-10-13(16)15-9-12-6-4-11(5-7-12)3-2-8-14/h4-7H,8-10,14H2,1H3,(H,15,16). The van der Waals surface area contributed by atoms with Gasteiger partial charge in [0.05, 0.1) is 6.54 Å². The lowest BCUT2D eigenvalue weighted by atomic mass is 10.1. The third-order valence-electron chi connectivity index (χ3n) is 2.05. The first-order chi connectivity index (χ1) is 8.26. The lowest BCUT2D eigenvalue weighted by Gasteiger charge is -2.04. The van der Waals surface area contributed by atoms with Gasteiger partial charge >= 0.3 is 0 Å². The van der Waals surface area contributed by atoms with E-state index in [-0.39, 0.29) is 12.5 Å². The number of methoxy groups -OCH3 is 1. The number of ether oxygens (including phenoxy) is 1. The Morgan fingerprint density at radius 3 is 2.71 bits per heavy atom. The van der Waals surface area contributed by atoms with Crippen LogP contribution < -0.4 is 11.1 Å². The summed E-state index contributed by atoms with van der Waals surface area (Å²) < 4.78 is 4.71. The van der Waals surface area contributed by atoms with Crippen LogP contribution in [0.5, 0.6) is 0 Å². The number of carbonyl (C=O) groups is 1. The van der Waals surface area contributed by atoms with Crippen molar-refractivity contribution in [2.75, 3.05) is 20.3 Å². The van der Waals surface area contributed by atoms with Gasteiger partial charge in [0.2, 0.25) is 5.91 Å². The summed E-state index contributed by atoms with van der Waals surface area (Å²) in [6.45, 7) is 0.932. The topological polar surface area (TPSA) is 64.3 Å². The molecule has 0 heterocycles.